The quantitative estimate of drug-likeness (QED) is 0.528. The Balaban J connectivity index is 1.22. The van der Waals surface area contributed by atoms with Crippen molar-refractivity contribution in [2.45, 2.75) is 70.8 Å². The van der Waals surface area contributed by atoms with Gasteiger partial charge in [-0.05, 0) is 100 Å². The first kappa shape index (κ1) is 27.1. The highest BCUT2D eigenvalue weighted by Gasteiger charge is 2.37. The van der Waals surface area contributed by atoms with Crippen LogP contribution in [0.1, 0.15) is 69.0 Å². The minimum Gasteiger partial charge on any atom is -0.492 e. The number of aromatic nitrogens is 1. The zero-order valence-corrected chi connectivity index (χ0v) is 23.2. The number of carbonyl (C=O) groups is 1. The van der Waals surface area contributed by atoms with Crippen LogP contribution in [0.5, 0.6) is 5.75 Å². The highest BCUT2D eigenvalue weighted by Crippen LogP contribution is 2.39. The average molecular weight is 519 g/mol. The van der Waals surface area contributed by atoms with Crippen molar-refractivity contribution in [3.63, 3.8) is 0 Å². The number of para-hydroxylation sites is 1. The van der Waals surface area contributed by atoms with E-state index in [2.05, 4.69) is 56.1 Å². The summed E-state index contributed by atoms with van der Waals surface area (Å²) in [5, 5.41) is 0. The largest absolute Gasteiger partial charge is 0.492 e. The van der Waals surface area contributed by atoms with Crippen LogP contribution in [0.4, 0.5) is 0 Å². The lowest BCUT2D eigenvalue weighted by Crippen LogP contribution is -2.48. The van der Waals surface area contributed by atoms with Gasteiger partial charge in [0.2, 0.25) is 5.91 Å². The molecule has 2 saturated heterocycles. The highest BCUT2D eigenvalue weighted by molar-refractivity contribution is 5.76. The number of pyridine rings is 1. The van der Waals surface area contributed by atoms with Gasteiger partial charge in [0.1, 0.15) is 12.4 Å². The maximum atomic E-state index is 13.0. The normalized spacial score (nSPS) is 21.3. The van der Waals surface area contributed by atoms with Gasteiger partial charge in [-0.25, -0.2) is 0 Å². The molecule has 1 aromatic carbocycles. The van der Waals surface area contributed by atoms with Crippen molar-refractivity contribution < 1.29 is 9.53 Å². The number of piperidine rings is 1. The molecule has 4 heterocycles. The van der Waals surface area contributed by atoms with Gasteiger partial charge in [-0.1, -0.05) is 30.7 Å². The van der Waals surface area contributed by atoms with Crippen LogP contribution in [0.3, 0.4) is 0 Å². The Kier molecular flexibility index (Phi) is 9.69. The molecule has 3 aliphatic heterocycles. The first-order chi connectivity index (χ1) is 18.7. The summed E-state index contributed by atoms with van der Waals surface area (Å²) in [4.78, 5) is 24.9. The molecule has 2 aromatic rings. The third-order valence-corrected chi connectivity index (χ3v) is 8.95. The number of amides is 1. The molecular weight excluding hydrogens is 472 g/mol. The molecule has 0 bridgehead atoms. The van der Waals surface area contributed by atoms with Crippen molar-refractivity contribution >= 4 is 5.91 Å². The second kappa shape index (κ2) is 13.6. The van der Waals surface area contributed by atoms with Gasteiger partial charge in [-0.15, -0.1) is 0 Å². The number of aryl methyl sites for hydroxylation is 1. The van der Waals surface area contributed by atoms with E-state index in [1.807, 2.05) is 12.3 Å². The monoisotopic (exact) mass is 518 g/mol. The second-order valence-electron chi connectivity index (χ2n) is 11.7. The van der Waals surface area contributed by atoms with Gasteiger partial charge in [0, 0.05) is 45.3 Å². The summed E-state index contributed by atoms with van der Waals surface area (Å²) in [6.45, 7) is 8.76. The minimum atomic E-state index is 0.250. The van der Waals surface area contributed by atoms with E-state index in [4.69, 9.17) is 4.74 Å². The van der Waals surface area contributed by atoms with Gasteiger partial charge in [0.05, 0.1) is 5.69 Å². The zero-order chi connectivity index (χ0) is 26.0. The summed E-state index contributed by atoms with van der Waals surface area (Å²) in [6.07, 6.45) is 13.1. The fourth-order valence-electron chi connectivity index (χ4n) is 6.70. The van der Waals surface area contributed by atoms with Crippen molar-refractivity contribution in [2.75, 3.05) is 52.4 Å². The Labute approximate surface area is 229 Å². The number of hydrogen-bond donors (Lipinski definition) is 0. The maximum Gasteiger partial charge on any atom is 0.222 e. The number of ether oxygens (including phenoxy) is 1. The van der Waals surface area contributed by atoms with E-state index in [9.17, 15) is 4.79 Å². The standard InChI is InChI=1S/C32H46N4O2/c37-31(14-9-21-34-19-7-8-20-34)36-22-16-32(17-23-36)15-5-3-11-28-10-1-2-13-30(28)38-25-24-35(27-32)26-29-12-4-6-18-33-29/h1-2,4,6,10,12-13,18H,3,5,7-9,11,14-17,19-27H2. The summed E-state index contributed by atoms with van der Waals surface area (Å²) < 4.78 is 6.31. The molecule has 6 heteroatoms. The molecule has 0 radical (unpaired) electrons. The van der Waals surface area contributed by atoms with E-state index in [0.717, 1.165) is 76.4 Å². The molecule has 6 nitrogen and oxygen atoms in total. The molecule has 1 amide bonds. The van der Waals surface area contributed by atoms with Gasteiger partial charge < -0.3 is 14.5 Å². The molecule has 5 rings (SSSR count). The van der Waals surface area contributed by atoms with Gasteiger partial charge >= 0.3 is 0 Å². The van der Waals surface area contributed by atoms with Gasteiger partial charge in [0.15, 0.2) is 0 Å². The van der Waals surface area contributed by atoms with Crippen molar-refractivity contribution in [2.24, 2.45) is 5.41 Å². The van der Waals surface area contributed by atoms with Gasteiger partial charge in [-0.2, -0.15) is 0 Å². The molecule has 0 atom stereocenters. The van der Waals surface area contributed by atoms with Crippen LogP contribution in [0, 0.1) is 5.41 Å². The number of benzene rings is 1. The number of carbonyl (C=O) groups excluding carboxylic acids is 1. The Morgan fingerprint density at radius 2 is 1.68 bits per heavy atom. The fourth-order valence-corrected chi connectivity index (χ4v) is 6.70. The molecule has 0 saturated carbocycles. The van der Waals surface area contributed by atoms with E-state index in [1.165, 1.54) is 50.8 Å². The average Bonchev–Trinajstić information content (AvgIpc) is 3.46. The predicted octanol–water partition coefficient (Wildman–Crippen LogP) is 5.17. The lowest BCUT2D eigenvalue weighted by molar-refractivity contribution is -0.134. The van der Waals surface area contributed by atoms with E-state index in [0.29, 0.717) is 18.9 Å². The molecule has 2 fully saturated rings. The molecule has 0 aliphatic carbocycles. The number of nitrogens with zero attached hydrogens (tertiary/aromatic N) is 4. The Bertz CT molecular complexity index is 1000. The van der Waals surface area contributed by atoms with Crippen molar-refractivity contribution in [1.82, 2.24) is 19.7 Å². The first-order valence-corrected chi connectivity index (χ1v) is 15.0. The predicted molar refractivity (Wildman–Crippen MR) is 152 cm³/mol. The topological polar surface area (TPSA) is 48.9 Å². The zero-order valence-electron chi connectivity index (χ0n) is 23.2. The molecule has 1 aromatic heterocycles. The lowest BCUT2D eigenvalue weighted by Gasteiger charge is -2.45. The molecule has 0 unspecified atom stereocenters. The summed E-state index contributed by atoms with van der Waals surface area (Å²) in [6, 6.07) is 14.7. The Hall–Kier alpha value is -2.44. The fraction of sp³-hybridized carbons (Fsp3) is 0.625. The maximum absolute atomic E-state index is 13.0. The molecule has 0 N–H and O–H groups in total. The minimum absolute atomic E-state index is 0.250. The molecule has 1 spiro atoms. The summed E-state index contributed by atoms with van der Waals surface area (Å²) in [7, 11) is 0. The van der Waals surface area contributed by atoms with Crippen LogP contribution in [0.15, 0.2) is 48.7 Å². The summed E-state index contributed by atoms with van der Waals surface area (Å²) in [5.74, 6) is 1.40. The van der Waals surface area contributed by atoms with Gasteiger partial charge in [0.25, 0.3) is 0 Å². The SMILES string of the molecule is O=C(CCCN1CCCC1)N1CCC2(CCCCc3ccccc3OCCN(Cc3ccccn3)C2)CC1. The summed E-state index contributed by atoms with van der Waals surface area (Å²) >= 11 is 0. The third kappa shape index (κ3) is 7.57. The number of hydrogen-bond acceptors (Lipinski definition) is 5. The smallest absolute Gasteiger partial charge is 0.222 e. The van der Waals surface area contributed by atoms with Crippen LogP contribution in [-0.2, 0) is 17.8 Å². The second-order valence-corrected chi connectivity index (χ2v) is 11.7. The van der Waals surface area contributed by atoms with Crippen molar-refractivity contribution in [3.8, 4) is 5.75 Å². The van der Waals surface area contributed by atoms with Crippen LogP contribution in [0.2, 0.25) is 0 Å². The van der Waals surface area contributed by atoms with E-state index < -0.39 is 0 Å². The van der Waals surface area contributed by atoms with Crippen molar-refractivity contribution in [3.05, 3.63) is 59.9 Å². The van der Waals surface area contributed by atoms with Gasteiger partial charge in [-0.3, -0.25) is 14.7 Å². The molecular formula is C32H46N4O2. The Morgan fingerprint density at radius 1 is 0.868 bits per heavy atom. The van der Waals surface area contributed by atoms with Crippen LogP contribution >= 0.6 is 0 Å². The lowest BCUT2D eigenvalue weighted by atomic mass is 9.73. The van der Waals surface area contributed by atoms with E-state index >= 15 is 0 Å². The number of likely N-dealkylation sites (tertiary alicyclic amines) is 2. The van der Waals surface area contributed by atoms with E-state index in [-0.39, 0.29) is 5.41 Å². The first-order valence-electron chi connectivity index (χ1n) is 15.0. The third-order valence-electron chi connectivity index (χ3n) is 8.95. The number of fused-ring (bicyclic) bond motifs is 1. The Morgan fingerprint density at radius 3 is 2.50 bits per heavy atom. The van der Waals surface area contributed by atoms with Crippen molar-refractivity contribution in [1.29, 1.82) is 0 Å². The molecule has 206 valence electrons. The van der Waals surface area contributed by atoms with Crippen LogP contribution in [-0.4, -0.2) is 78.0 Å². The molecule has 3 aliphatic rings. The highest BCUT2D eigenvalue weighted by atomic mass is 16.5. The van der Waals surface area contributed by atoms with Crippen LogP contribution < -0.4 is 4.74 Å². The number of rotatable bonds is 6. The summed E-state index contributed by atoms with van der Waals surface area (Å²) in [5.41, 5.74) is 2.69. The van der Waals surface area contributed by atoms with E-state index in [1.54, 1.807) is 0 Å². The molecule has 38 heavy (non-hydrogen) atoms. The van der Waals surface area contributed by atoms with Crippen LogP contribution in [0.25, 0.3) is 0 Å².